The van der Waals surface area contributed by atoms with Crippen molar-refractivity contribution in [1.29, 1.82) is 5.26 Å². The SMILES string of the molecule is CCOC(=O)CC1=C(C#N)[C@H](c2cccnc2)C(C(=O)OCC)=C(N)O1. The third-order valence-corrected chi connectivity index (χ3v) is 3.62. The monoisotopic (exact) mass is 357 g/mol. The first-order chi connectivity index (χ1) is 12.5. The van der Waals surface area contributed by atoms with Crippen LogP contribution in [0.2, 0.25) is 0 Å². The maximum atomic E-state index is 12.4. The molecular weight excluding hydrogens is 338 g/mol. The summed E-state index contributed by atoms with van der Waals surface area (Å²) in [6.07, 6.45) is 2.81. The summed E-state index contributed by atoms with van der Waals surface area (Å²) in [5, 5.41) is 9.68. The van der Waals surface area contributed by atoms with Crippen molar-refractivity contribution in [2.24, 2.45) is 5.73 Å². The molecule has 2 N–H and O–H groups in total. The number of ether oxygens (including phenoxy) is 3. The number of nitrogens with two attached hydrogens (primary N) is 1. The van der Waals surface area contributed by atoms with Gasteiger partial charge >= 0.3 is 11.9 Å². The number of esters is 2. The van der Waals surface area contributed by atoms with Gasteiger partial charge in [-0.25, -0.2) is 4.79 Å². The topological polar surface area (TPSA) is 125 Å². The van der Waals surface area contributed by atoms with Crippen LogP contribution in [-0.4, -0.2) is 30.1 Å². The van der Waals surface area contributed by atoms with Gasteiger partial charge in [-0.1, -0.05) is 6.07 Å². The fourth-order valence-electron chi connectivity index (χ4n) is 2.60. The Morgan fingerprint density at radius 3 is 2.65 bits per heavy atom. The van der Waals surface area contributed by atoms with Crippen LogP contribution in [0.5, 0.6) is 0 Å². The number of hydrogen-bond donors (Lipinski definition) is 1. The lowest BCUT2D eigenvalue weighted by Gasteiger charge is -2.27. The molecule has 26 heavy (non-hydrogen) atoms. The molecule has 0 fully saturated rings. The third kappa shape index (κ3) is 4.00. The molecule has 0 spiro atoms. The molecule has 8 heteroatoms. The average Bonchev–Trinajstić information content (AvgIpc) is 2.62. The molecule has 0 bridgehead atoms. The predicted octanol–water partition coefficient (Wildman–Crippen LogP) is 1.66. The highest BCUT2D eigenvalue weighted by molar-refractivity contribution is 5.92. The van der Waals surface area contributed by atoms with E-state index in [2.05, 4.69) is 4.98 Å². The predicted molar refractivity (Wildman–Crippen MR) is 89.8 cm³/mol. The molecule has 0 unspecified atom stereocenters. The van der Waals surface area contributed by atoms with E-state index in [-0.39, 0.29) is 42.4 Å². The molecule has 0 saturated carbocycles. The lowest BCUT2D eigenvalue weighted by atomic mass is 9.83. The molecular formula is C18H19N3O5. The molecule has 1 aliphatic heterocycles. The van der Waals surface area contributed by atoms with E-state index < -0.39 is 17.9 Å². The fourth-order valence-corrected chi connectivity index (χ4v) is 2.60. The van der Waals surface area contributed by atoms with Crippen molar-refractivity contribution in [2.75, 3.05) is 13.2 Å². The number of carbonyl (C=O) groups excluding carboxylic acids is 2. The molecule has 1 aromatic heterocycles. The standard InChI is InChI=1S/C18H19N3O5/c1-3-24-14(22)8-13-12(9-19)15(11-6-5-7-21-10-11)16(17(20)26-13)18(23)25-4-2/h5-7,10,15H,3-4,8,20H2,1-2H3/t15-/m0/s1. The number of carbonyl (C=O) groups is 2. The van der Waals surface area contributed by atoms with Gasteiger partial charge in [-0.15, -0.1) is 0 Å². The van der Waals surface area contributed by atoms with E-state index in [9.17, 15) is 14.9 Å². The van der Waals surface area contributed by atoms with Crippen molar-refractivity contribution in [3.63, 3.8) is 0 Å². The van der Waals surface area contributed by atoms with E-state index in [0.29, 0.717) is 5.56 Å². The van der Waals surface area contributed by atoms with Gasteiger partial charge in [0.1, 0.15) is 17.8 Å². The van der Waals surface area contributed by atoms with Crippen molar-refractivity contribution in [2.45, 2.75) is 26.2 Å². The molecule has 0 radical (unpaired) electrons. The minimum Gasteiger partial charge on any atom is -0.466 e. The Bertz CT molecular complexity index is 793. The molecule has 0 amide bonds. The van der Waals surface area contributed by atoms with Gasteiger partial charge in [0, 0.05) is 12.4 Å². The number of rotatable bonds is 6. The zero-order chi connectivity index (χ0) is 19.1. The van der Waals surface area contributed by atoms with Crippen LogP contribution in [0, 0.1) is 11.3 Å². The van der Waals surface area contributed by atoms with E-state index in [1.807, 2.05) is 6.07 Å². The largest absolute Gasteiger partial charge is 0.466 e. The Hall–Kier alpha value is -3.34. The van der Waals surface area contributed by atoms with Gasteiger partial charge in [0.2, 0.25) is 5.88 Å². The van der Waals surface area contributed by atoms with Crippen molar-refractivity contribution < 1.29 is 23.8 Å². The van der Waals surface area contributed by atoms with Crippen LogP contribution >= 0.6 is 0 Å². The van der Waals surface area contributed by atoms with Crippen LogP contribution in [0.15, 0.2) is 47.3 Å². The first-order valence-electron chi connectivity index (χ1n) is 8.06. The molecule has 8 nitrogen and oxygen atoms in total. The highest BCUT2D eigenvalue weighted by Crippen LogP contribution is 2.40. The van der Waals surface area contributed by atoms with E-state index in [1.165, 1.54) is 6.20 Å². The molecule has 136 valence electrons. The van der Waals surface area contributed by atoms with E-state index in [0.717, 1.165) is 0 Å². The number of hydrogen-bond acceptors (Lipinski definition) is 8. The summed E-state index contributed by atoms with van der Waals surface area (Å²) in [5.41, 5.74) is 6.58. The van der Waals surface area contributed by atoms with Crippen molar-refractivity contribution in [3.8, 4) is 6.07 Å². The lowest BCUT2D eigenvalue weighted by molar-refractivity contribution is -0.142. The minimum atomic E-state index is -0.842. The van der Waals surface area contributed by atoms with Gasteiger partial charge in [0.25, 0.3) is 0 Å². The number of aromatic nitrogens is 1. The summed E-state index contributed by atoms with van der Waals surface area (Å²) in [4.78, 5) is 28.3. The summed E-state index contributed by atoms with van der Waals surface area (Å²) < 4.78 is 15.4. The average molecular weight is 357 g/mol. The van der Waals surface area contributed by atoms with E-state index >= 15 is 0 Å². The number of nitrogens with zero attached hydrogens (tertiary/aromatic N) is 2. The van der Waals surface area contributed by atoms with Crippen LogP contribution in [-0.2, 0) is 23.8 Å². The Balaban J connectivity index is 2.55. The van der Waals surface area contributed by atoms with Gasteiger partial charge in [0.15, 0.2) is 0 Å². The second-order valence-electron chi connectivity index (χ2n) is 5.25. The highest BCUT2D eigenvalue weighted by Gasteiger charge is 2.38. The maximum absolute atomic E-state index is 12.4. The molecule has 2 heterocycles. The summed E-state index contributed by atoms with van der Waals surface area (Å²) in [7, 11) is 0. The smallest absolute Gasteiger partial charge is 0.340 e. The quantitative estimate of drug-likeness (QED) is 0.762. The van der Waals surface area contributed by atoms with Crippen molar-refractivity contribution >= 4 is 11.9 Å². The fraction of sp³-hybridized carbons (Fsp3) is 0.333. The highest BCUT2D eigenvalue weighted by atomic mass is 16.5. The summed E-state index contributed by atoms with van der Waals surface area (Å²) in [5.74, 6) is -2.26. The minimum absolute atomic E-state index is 0.00371. The van der Waals surface area contributed by atoms with Crippen LogP contribution < -0.4 is 5.73 Å². The number of nitriles is 1. The number of pyridine rings is 1. The molecule has 1 aromatic rings. The molecule has 0 aromatic carbocycles. The first kappa shape index (κ1) is 19.0. The molecule has 1 atom stereocenters. The maximum Gasteiger partial charge on any atom is 0.340 e. The second kappa shape index (κ2) is 8.67. The Morgan fingerprint density at radius 1 is 1.35 bits per heavy atom. The first-order valence-corrected chi connectivity index (χ1v) is 8.06. The van der Waals surface area contributed by atoms with Crippen LogP contribution in [0.4, 0.5) is 0 Å². The van der Waals surface area contributed by atoms with Crippen LogP contribution in [0.1, 0.15) is 31.7 Å². The van der Waals surface area contributed by atoms with Gasteiger partial charge in [-0.05, 0) is 25.5 Å². The van der Waals surface area contributed by atoms with Gasteiger partial charge < -0.3 is 19.9 Å². The van der Waals surface area contributed by atoms with Crippen LogP contribution in [0.3, 0.4) is 0 Å². The third-order valence-electron chi connectivity index (χ3n) is 3.62. The molecule has 1 aliphatic rings. The zero-order valence-corrected chi connectivity index (χ0v) is 14.5. The normalized spacial score (nSPS) is 16.6. The summed E-state index contributed by atoms with van der Waals surface area (Å²) in [6, 6.07) is 5.39. The van der Waals surface area contributed by atoms with Gasteiger partial charge in [-0.3, -0.25) is 9.78 Å². The Kier molecular flexibility index (Phi) is 6.33. The number of allylic oxidation sites excluding steroid dienone is 1. The molecule has 0 saturated heterocycles. The second-order valence-corrected chi connectivity index (χ2v) is 5.25. The molecule has 0 aliphatic carbocycles. The van der Waals surface area contributed by atoms with Gasteiger partial charge in [0.05, 0.1) is 30.8 Å². The van der Waals surface area contributed by atoms with Crippen molar-refractivity contribution in [3.05, 3.63) is 52.9 Å². The van der Waals surface area contributed by atoms with Gasteiger partial charge in [-0.2, -0.15) is 5.26 Å². The van der Waals surface area contributed by atoms with E-state index in [4.69, 9.17) is 19.9 Å². The van der Waals surface area contributed by atoms with E-state index in [1.54, 1.807) is 32.2 Å². The summed E-state index contributed by atoms with van der Waals surface area (Å²) >= 11 is 0. The van der Waals surface area contributed by atoms with Crippen LogP contribution in [0.25, 0.3) is 0 Å². The Morgan fingerprint density at radius 2 is 2.08 bits per heavy atom. The Labute approximate surface area is 150 Å². The molecule has 2 rings (SSSR count). The summed E-state index contributed by atoms with van der Waals surface area (Å²) in [6.45, 7) is 3.66. The lowest BCUT2D eigenvalue weighted by Crippen LogP contribution is -2.27. The zero-order valence-electron chi connectivity index (χ0n) is 14.5. The van der Waals surface area contributed by atoms with Crippen molar-refractivity contribution in [1.82, 2.24) is 4.98 Å².